The van der Waals surface area contributed by atoms with Crippen molar-refractivity contribution < 1.29 is 9.53 Å². The zero-order valence-electron chi connectivity index (χ0n) is 14.9. The van der Waals surface area contributed by atoms with Gasteiger partial charge in [0.15, 0.2) is 0 Å². The maximum absolute atomic E-state index is 12.7. The molecule has 5 heteroatoms. The highest BCUT2D eigenvalue weighted by atomic mass is 16.5. The molecule has 2 fully saturated rings. The Bertz CT molecular complexity index is 549. The molecule has 5 nitrogen and oxygen atoms in total. The number of amides is 1. The molecule has 1 aromatic heterocycles. The molecular formula is C19H29N3O2. The number of hydrogen-bond donors (Lipinski definition) is 0. The number of likely N-dealkylation sites (tertiary alicyclic amines) is 1. The number of aryl methyl sites for hydroxylation is 1. The van der Waals surface area contributed by atoms with Gasteiger partial charge in [-0.3, -0.25) is 9.78 Å². The van der Waals surface area contributed by atoms with E-state index in [9.17, 15) is 4.79 Å². The van der Waals surface area contributed by atoms with Crippen molar-refractivity contribution in [2.45, 2.75) is 45.2 Å². The second kappa shape index (κ2) is 8.08. The summed E-state index contributed by atoms with van der Waals surface area (Å²) in [6, 6.07) is 4.70. The van der Waals surface area contributed by atoms with Crippen molar-refractivity contribution in [3.8, 4) is 0 Å². The van der Waals surface area contributed by atoms with Crippen LogP contribution in [0.15, 0.2) is 18.3 Å². The van der Waals surface area contributed by atoms with Crippen LogP contribution in [0.1, 0.15) is 36.9 Å². The summed E-state index contributed by atoms with van der Waals surface area (Å²) in [5, 5.41) is 0. The summed E-state index contributed by atoms with van der Waals surface area (Å²) in [5.74, 6) is 0.463. The van der Waals surface area contributed by atoms with Crippen LogP contribution in [0.25, 0.3) is 0 Å². The minimum absolute atomic E-state index is 0.175. The number of carbonyl (C=O) groups is 1. The lowest BCUT2D eigenvalue weighted by Gasteiger charge is -2.39. The fourth-order valence-corrected chi connectivity index (χ4v) is 3.93. The van der Waals surface area contributed by atoms with Crippen molar-refractivity contribution >= 4 is 5.91 Å². The van der Waals surface area contributed by atoms with E-state index in [1.807, 2.05) is 31.1 Å². The van der Waals surface area contributed by atoms with E-state index < -0.39 is 0 Å². The van der Waals surface area contributed by atoms with Gasteiger partial charge in [-0.25, -0.2) is 0 Å². The summed E-state index contributed by atoms with van der Waals surface area (Å²) >= 11 is 0. The normalized spacial score (nSPS) is 20.9. The van der Waals surface area contributed by atoms with Gasteiger partial charge >= 0.3 is 0 Å². The number of carbonyl (C=O) groups excluding carboxylic acids is 1. The van der Waals surface area contributed by atoms with E-state index in [0.29, 0.717) is 12.6 Å². The second-order valence-corrected chi connectivity index (χ2v) is 7.15. The molecule has 0 unspecified atom stereocenters. The van der Waals surface area contributed by atoms with E-state index in [0.717, 1.165) is 63.2 Å². The van der Waals surface area contributed by atoms with Crippen molar-refractivity contribution in [1.82, 2.24) is 14.8 Å². The quantitative estimate of drug-likeness (QED) is 0.849. The van der Waals surface area contributed by atoms with Gasteiger partial charge < -0.3 is 14.5 Å². The molecule has 0 aromatic carbocycles. The Kier molecular flexibility index (Phi) is 5.85. The SMILES string of the molecule is Cc1cc(CN(C)C(=O)C2CCN(C3CCOCC3)CC2)ccn1. The molecule has 0 bridgehead atoms. The summed E-state index contributed by atoms with van der Waals surface area (Å²) in [6.45, 7) is 6.52. The molecule has 0 N–H and O–H groups in total. The summed E-state index contributed by atoms with van der Waals surface area (Å²) in [4.78, 5) is 21.4. The Morgan fingerprint density at radius 2 is 2.00 bits per heavy atom. The van der Waals surface area contributed by atoms with Crippen LogP contribution in [-0.4, -0.2) is 60.1 Å². The third kappa shape index (κ3) is 4.33. The number of nitrogens with zero attached hydrogens (tertiary/aromatic N) is 3. The minimum atomic E-state index is 0.175. The van der Waals surface area contributed by atoms with Gasteiger partial charge in [-0.15, -0.1) is 0 Å². The molecule has 0 atom stereocenters. The van der Waals surface area contributed by atoms with E-state index in [1.54, 1.807) is 0 Å². The van der Waals surface area contributed by atoms with E-state index in [4.69, 9.17) is 4.74 Å². The van der Waals surface area contributed by atoms with Gasteiger partial charge in [-0.05, 0) is 63.4 Å². The first kappa shape index (κ1) is 17.4. The monoisotopic (exact) mass is 331 g/mol. The predicted octanol–water partition coefficient (Wildman–Crippen LogP) is 2.24. The number of aromatic nitrogens is 1. The summed E-state index contributed by atoms with van der Waals surface area (Å²) in [5.41, 5.74) is 2.15. The molecule has 1 aromatic rings. The van der Waals surface area contributed by atoms with Crippen LogP contribution in [0.3, 0.4) is 0 Å². The second-order valence-electron chi connectivity index (χ2n) is 7.15. The van der Waals surface area contributed by atoms with Crippen molar-refractivity contribution in [2.75, 3.05) is 33.4 Å². The zero-order chi connectivity index (χ0) is 16.9. The average Bonchev–Trinajstić information content (AvgIpc) is 2.62. The molecule has 2 aliphatic heterocycles. The number of pyridine rings is 1. The van der Waals surface area contributed by atoms with Gasteiger partial charge in [0.05, 0.1) is 0 Å². The fourth-order valence-electron chi connectivity index (χ4n) is 3.93. The Labute approximate surface area is 145 Å². The molecule has 0 aliphatic carbocycles. The van der Waals surface area contributed by atoms with E-state index in [1.165, 1.54) is 0 Å². The van der Waals surface area contributed by atoms with Gasteiger partial charge in [0, 0.05) is 50.7 Å². The number of ether oxygens (including phenoxy) is 1. The first-order valence-corrected chi connectivity index (χ1v) is 9.12. The molecule has 0 spiro atoms. The molecule has 132 valence electrons. The van der Waals surface area contributed by atoms with Crippen LogP contribution in [0, 0.1) is 12.8 Å². The fraction of sp³-hybridized carbons (Fsp3) is 0.684. The molecule has 24 heavy (non-hydrogen) atoms. The predicted molar refractivity (Wildman–Crippen MR) is 93.6 cm³/mol. The zero-order valence-corrected chi connectivity index (χ0v) is 14.9. The highest BCUT2D eigenvalue weighted by Crippen LogP contribution is 2.24. The largest absolute Gasteiger partial charge is 0.381 e. The average molecular weight is 331 g/mol. The molecule has 2 aliphatic rings. The molecule has 3 rings (SSSR count). The van der Waals surface area contributed by atoms with Gasteiger partial charge in [0.2, 0.25) is 5.91 Å². The van der Waals surface area contributed by atoms with Crippen LogP contribution < -0.4 is 0 Å². The van der Waals surface area contributed by atoms with Gasteiger partial charge in [0.25, 0.3) is 0 Å². The molecule has 1 amide bonds. The molecule has 0 radical (unpaired) electrons. The van der Waals surface area contributed by atoms with Crippen molar-refractivity contribution in [2.24, 2.45) is 5.92 Å². The summed E-state index contributed by atoms with van der Waals surface area (Å²) in [7, 11) is 1.92. The Hall–Kier alpha value is -1.46. The first-order chi connectivity index (χ1) is 11.6. The first-order valence-electron chi connectivity index (χ1n) is 9.12. The van der Waals surface area contributed by atoms with Gasteiger partial charge in [-0.2, -0.15) is 0 Å². The van der Waals surface area contributed by atoms with Gasteiger partial charge in [0.1, 0.15) is 0 Å². The molecule has 2 saturated heterocycles. The molecule has 3 heterocycles. The third-order valence-electron chi connectivity index (χ3n) is 5.34. The van der Waals surface area contributed by atoms with Crippen LogP contribution in [-0.2, 0) is 16.1 Å². The van der Waals surface area contributed by atoms with Crippen LogP contribution in [0.4, 0.5) is 0 Å². The lowest BCUT2D eigenvalue weighted by Crippen LogP contribution is -2.46. The summed E-state index contributed by atoms with van der Waals surface area (Å²) in [6.07, 6.45) is 6.06. The number of hydrogen-bond acceptors (Lipinski definition) is 4. The van der Waals surface area contributed by atoms with E-state index in [-0.39, 0.29) is 11.8 Å². The van der Waals surface area contributed by atoms with Crippen molar-refractivity contribution in [3.05, 3.63) is 29.6 Å². The number of rotatable bonds is 4. The smallest absolute Gasteiger partial charge is 0.225 e. The number of piperidine rings is 1. The standard InChI is InChI=1S/C19H29N3O2/c1-15-13-16(3-8-20-15)14-21(2)19(23)17-4-9-22(10-5-17)18-6-11-24-12-7-18/h3,8,13,17-18H,4-7,9-12,14H2,1-2H3. The Morgan fingerprint density at radius 1 is 1.29 bits per heavy atom. The van der Waals surface area contributed by atoms with Gasteiger partial charge in [-0.1, -0.05) is 0 Å². The highest BCUT2D eigenvalue weighted by molar-refractivity contribution is 5.78. The van der Waals surface area contributed by atoms with E-state index >= 15 is 0 Å². The lowest BCUT2D eigenvalue weighted by atomic mass is 9.93. The maximum Gasteiger partial charge on any atom is 0.225 e. The molecular weight excluding hydrogens is 302 g/mol. The van der Waals surface area contributed by atoms with Crippen LogP contribution in [0.2, 0.25) is 0 Å². The minimum Gasteiger partial charge on any atom is -0.381 e. The van der Waals surface area contributed by atoms with Crippen molar-refractivity contribution in [1.29, 1.82) is 0 Å². The lowest BCUT2D eigenvalue weighted by molar-refractivity contribution is -0.136. The van der Waals surface area contributed by atoms with E-state index in [2.05, 4.69) is 16.0 Å². The topological polar surface area (TPSA) is 45.7 Å². The van der Waals surface area contributed by atoms with Crippen LogP contribution >= 0.6 is 0 Å². The summed E-state index contributed by atoms with van der Waals surface area (Å²) < 4.78 is 5.45. The van der Waals surface area contributed by atoms with Crippen LogP contribution in [0.5, 0.6) is 0 Å². The van der Waals surface area contributed by atoms with Crippen molar-refractivity contribution in [3.63, 3.8) is 0 Å². The third-order valence-corrected chi connectivity index (χ3v) is 5.34. The highest BCUT2D eigenvalue weighted by Gasteiger charge is 2.30. The Balaban J connectivity index is 1.49. The maximum atomic E-state index is 12.7. The molecule has 0 saturated carbocycles. The Morgan fingerprint density at radius 3 is 2.67 bits per heavy atom.